The van der Waals surface area contributed by atoms with E-state index in [4.69, 9.17) is 5.73 Å². The molecular formula is C10H11F4N3O3. The van der Waals surface area contributed by atoms with E-state index in [1.54, 1.807) is 0 Å². The summed E-state index contributed by atoms with van der Waals surface area (Å²) in [7, 11) is 1.13. The Morgan fingerprint density at radius 3 is 2.65 bits per heavy atom. The molecule has 0 saturated heterocycles. The lowest BCUT2D eigenvalue weighted by Crippen LogP contribution is -2.32. The van der Waals surface area contributed by atoms with Gasteiger partial charge in [-0.2, -0.15) is 8.78 Å². The van der Waals surface area contributed by atoms with E-state index < -0.39 is 31.5 Å². The molecule has 0 unspecified atom stereocenters. The third kappa shape index (κ3) is 4.02. The van der Waals surface area contributed by atoms with Gasteiger partial charge >= 0.3 is 18.3 Å². The van der Waals surface area contributed by atoms with E-state index in [2.05, 4.69) is 19.4 Å². The van der Waals surface area contributed by atoms with Gasteiger partial charge in [-0.1, -0.05) is 0 Å². The van der Waals surface area contributed by atoms with Crippen LogP contribution in [0.15, 0.2) is 6.20 Å². The van der Waals surface area contributed by atoms with Crippen molar-refractivity contribution in [3.05, 3.63) is 17.6 Å². The van der Waals surface area contributed by atoms with Crippen molar-refractivity contribution in [3.8, 4) is 0 Å². The zero-order chi connectivity index (χ0) is 15.3. The van der Waals surface area contributed by atoms with Crippen LogP contribution < -0.4 is 5.73 Å². The molecule has 1 rings (SSSR count). The number of hydrogen-bond acceptors (Lipinski definition) is 6. The molecule has 1 heterocycles. The minimum Gasteiger partial charge on any atom is -0.465 e. The normalized spacial score (nSPS) is 11.7. The van der Waals surface area contributed by atoms with Crippen LogP contribution in [0.3, 0.4) is 0 Å². The number of hydrogen-bond donors (Lipinski definition) is 1. The topological polar surface area (TPSA) is 87.3 Å². The van der Waals surface area contributed by atoms with Gasteiger partial charge in [0, 0.05) is 6.20 Å². The lowest BCUT2D eigenvalue weighted by Gasteiger charge is -2.14. The number of ether oxygens (including phenoxy) is 2. The van der Waals surface area contributed by atoms with Gasteiger partial charge in [0.1, 0.15) is 24.6 Å². The lowest BCUT2D eigenvalue weighted by molar-refractivity contribution is -0.168. The summed E-state index contributed by atoms with van der Waals surface area (Å²) in [4.78, 5) is 18.4. The molecule has 0 saturated carbocycles. The maximum atomic E-state index is 12.5. The molecule has 0 fully saturated rings. The van der Waals surface area contributed by atoms with Crippen molar-refractivity contribution in [2.24, 2.45) is 0 Å². The van der Waals surface area contributed by atoms with Crippen LogP contribution in [-0.4, -0.2) is 42.0 Å². The van der Waals surface area contributed by atoms with Gasteiger partial charge in [0.15, 0.2) is 5.82 Å². The van der Waals surface area contributed by atoms with Crippen LogP contribution in [0.1, 0.15) is 16.2 Å². The van der Waals surface area contributed by atoms with Gasteiger partial charge in [-0.15, -0.1) is 0 Å². The van der Waals surface area contributed by atoms with Crippen LogP contribution in [0.25, 0.3) is 0 Å². The highest BCUT2D eigenvalue weighted by Crippen LogP contribution is 2.23. The first-order chi connectivity index (χ1) is 9.27. The molecule has 0 atom stereocenters. The summed E-state index contributed by atoms with van der Waals surface area (Å²) in [6, 6.07) is 0. The fourth-order valence-electron chi connectivity index (χ4n) is 1.11. The Bertz CT molecular complexity index is 485. The number of alkyl halides is 4. The van der Waals surface area contributed by atoms with Crippen molar-refractivity contribution in [1.29, 1.82) is 0 Å². The molecule has 0 radical (unpaired) electrons. The van der Waals surface area contributed by atoms with E-state index in [-0.39, 0.29) is 17.2 Å². The number of nitrogen functional groups attached to an aromatic ring is 1. The van der Waals surface area contributed by atoms with E-state index in [9.17, 15) is 22.4 Å². The molecule has 0 bridgehead atoms. The van der Waals surface area contributed by atoms with Crippen molar-refractivity contribution in [2.75, 3.05) is 19.5 Å². The molecule has 0 spiro atoms. The molecule has 0 aliphatic carbocycles. The summed E-state index contributed by atoms with van der Waals surface area (Å²) in [5.41, 5.74) is 5.33. The number of nitrogens with two attached hydrogens (primary N) is 1. The molecule has 10 heteroatoms. The summed E-state index contributed by atoms with van der Waals surface area (Å²) in [6.45, 7) is -2.03. The molecule has 112 valence electrons. The maximum Gasteiger partial charge on any atom is 0.343 e. The van der Waals surface area contributed by atoms with Gasteiger partial charge in [-0.25, -0.2) is 23.5 Å². The Kier molecular flexibility index (Phi) is 5.19. The SMILES string of the molecule is COC(=O)c1cnc(COCC(F)(F)C(F)F)nc1N. The number of aromatic nitrogens is 2. The van der Waals surface area contributed by atoms with Crippen LogP contribution in [-0.2, 0) is 16.1 Å². The summed E-state index contributed by atoms with van der Waals surface area (Å²) in [5, 5.41) is 0. The first-order valence-electron chi connectivity index (χ1n) is 5.21. The molecular weight excluding hydrogens is 286 g/mol. The smallest absolute Gasteiger partial charge is 0.343 e. The second-order valence-corrected chi connectivity index (χ2v) is 3.63. The van der Waals surface area contributed by atoms with E-state index in [0.29, 0.717) is 0 Å². The van der Waals surface area contributed by atoms with Crippen LogP contribution in [0.2, 0.25) is 0 Å². The number of halogens is 4. The number of rotatable bonds is 6. The Morgan fingerprint density at radius 1 is 1.50 bits per heavy atom. The Labute approximate surface area is 110 Å². The van der Waals surface area contributed by atoms with Crippen molar-refractivity contribution in [3.63, 3.8) is 0 Å². The fourth-order valence-corrected chi connectivity index (χ4v) is 1.11. The molecule has 20 heavy (non-hydrogen) atoms. The van der Waals surface area contributed by atoms with E-state index >= 15 is 0 Å². The van der Waals surface area contributed by atoms with Crippen LogP contribution >= 0.6 is 0 Å². The van der Waals surface area contributed by atoms with Gasteiger partial charge in [0.25, 0.3) is 0 Å². The molecule has 2 N–H and O–H groups in total. The summed E-state index contributed by atoms with van der Waals surface area (Å²) in [6.07, 6.45) is -2.80. The van der Waals surface area contributed by atoms with Gasteiger partial charge < -0.3 is 15.2 Å². The van der Waals surface area contributed by atoms with Gasteiger partial charge in [0.2, 0.25) is 0 Å². The highest BCUT2D eigenvalue weighted by molar-refractivity contribution is 5.93. The second kappa shape index (κ2) is 6.46. The van der Waals surface area contributed by atoms with Gasteiger partial charge in [-0.05, 0) is 0 Å². The van der Waals surface area contributed by atoms with Crippen LogP contribution in [0.5, 0.6) is 0 Å². The third-order valence-electron chi connectivity index (χ3n) is 2.12. The maximum absolute atomic E-state index is 12.5. The number of nitrogens with zero attached hydrogens (tertiary/aromatic N) is 2. The zero-order valence-corrected chi connectivity index (χ0v) is 10.3. The van der Waals surface area contributed by atoms with E-state index in [1.165, 1.54) is 0 Å². The number of carbonyl (C=O) groups excluding carboxylic acids is 1. The number of anilines is 1. The predicted octanol–water partition coefficient (Wildman–Crippen LogP) is 1.26. The van der Waals surface area contributed by atoms with Gasteiger partial charge in [0.05, 0.1) is 7.11 Å². The summed E-state index contributed by atoms with van der Waals surface area (Å²) < 4.78 is 57.6. The van der Waals surface area contributed by atoms with Crippen LogP contribution in [0, 0.1) is 0 Å². The average Bonchev–Trinajstić information content (AvgIpc) is 2.37. The van der Waals surface area contributed by atoms with E-state index in [1.807, 2.05) is 0 Å². The predicted molar refractivity (Wildman–Crippen MR) is 58.4 cm³/mol. The van der Waals surface area contributed by atoms with Crippen LogP contribution in [0.4, 0.5) is 23.4 Å². The van der Waals surface area contributed by atoms with Crippen molar-refractivity contribution < 1.29 is 31.8 Å². The summed E-state index contributed by atoms with van der Waals surface area (Å²) in [5.74, 6) is -5.37. The molecule has 1 aromatic rings. The first kappa shape index (κ1) is 16.1. The molecule has 6 nitrogen and oxygen atoms in total. The number of carbonyl (C=O) groups is 1. The largest absolute Gasteiger partial charge is 0.465 e. The molecule has 0 aliphatic rings. The Morgan fingerprint density at radius 2 is 2.15 bits per heavy atom. The lowest BCUT2D eigenvalue weighted by atomic mass is 10.3. The van der Waals surface area contributed by atoms with E-state index in [0.717, 1.165) is 13.3 Å². The Hall–Kier alpha value is -1.97. The second-order valence-electron chi connectivity index (χ2n) is 3.63. The molecule has 0 amide bonds. The third-order valence-corrected chi connectivity index (χ3v) is 2.12. The highest BCUT2D eigenvalue weighted by Gasteiger charge is 2.41. The standard InChI is InChI=1S/C10H11F4N3O3/c1-19-8(18)5-2-16-6(17-7(5)15)3-20-4-10(13,14)9(11)12/h2,9H,3-4H2,1H3,(H2,15,16,17). The molecule has 1 aromatic heterocycles. The zero-order valence-electron chi connectivity index (χ0n) is 10.3. The summed E-state index contributed by atoms with van der Waals surface area (Å²) >= 11 is 0. The average molecular weight is 297 g/mol. The van der Waals surface area contributed by atoms with Gasteiger partial charge in [-0.3, -0.25) is 0 Å². The molecule has 0 aromatic carbocycles. The number of esters is 1. The van der Waals surface area contributed by atoms with Crippen molar-refractivity contribution in [2.45, 2.75) is 19.0 Å². The minimum absolute atomic E-state index is 0.103. The quantitative estimate of drug-likeness (QED) is 0.628. The number of methoxy groups -OCH3 is 1. The molecule has 0 aliphatic heterocycles. The van der Waals surface area contributed by atoms with Crippen molar-refractivity contribution in [1.82, 2.24) is 9.97 Å². The first-order valence-corrected chi connectivity index (χ1v) is 5.21. The Balaban J connectivity index is 2.62. The van der Waals surface area contributed by atoms with Crippen molar-refractivity contribution >= 4 is 11.8 Å². The monoisotopic (exact) mass is 297 g/mol. The minimum atomic E-state index is -4.25. The fraction of sp³-hybridized carbons (Fsp3) is 0.500. The highest BCUT2D eigenvalue weighted by atomic mass is 19.3.